The Morgan fingerprint density at radius 1 is 1.35 bits per heavy atom. The fourth-order valence-electron chi connectivity index (χ4n) is 1.73. The standard InChI is InChI=1S/C14H16ClNS/c1-2-3-6-9-16-10-13-14(15)11-7-4-5-8-12(11)17-13/h2-5,7-8,16H,6,9-10H2,1H3/b3-2+. The van der Waals surface area contributed by atoms with Gasteiger partial charge < -0.3 is 5.32 Å². The second kappa shape index (κ2) is 6.20. The molecule has 3 heteroatoms. The number of rotatable bonds is 5. The summed E-state index contributed by atoms with van der Waals surface area (Å²) in [6, 6.07) is 8.29. The smallest absolute Gasteiger partial charge is 0.0636 e. The van der Waals surface area contributed by atoms with Crippen LogP contribution in [0.4, 0.5) is 0 Å². The van der Waals surface area contributed by atoms with Crippen LogP contribution in [0.1, 0.15) is 18.2 Å². The molecule has 1 nitrogen and oxygen atoms in total. The van der Waals surface area contributed by atoms with Gasteiger partial charge in [-0.1, -0.05) is 42.0 Å². The van der Waals surface area contributed by atoms with Crippen molar-refractivity contribution in [1.82, 2.24) is 5.32 Å². The Bertz CT molecular complexity index is 516. The highest BCUT2D eigenvalue weighted by Gasteiger charge is 2.08. The molecule has 1 N–H and O–H groups in total. The molecule has 0 spiro atoms. The number of hydrogen-bond donors (Lipinski definition) is 1. The quantitative estimate of drug-likeness (QED) is 0.615. The Labute approximate surface area is 111 Å². The SMILES string of the molecule is C/C=C/CCNCc1sc2ccccc2c1Cl. The Balaban J connectivity index is 2.01. The van der Waals surface area contributed by atoms with Crippen LogP contribution in [-0.4, -0.2) is 6.54 Å². The van der Waals surface area contributed by atoms with Gasteiger partial charge >= 0.3 is 0 Å². The van der Waals surface area contributed by atoms with E-state index in [0.29, 0.717) is 0 Å². The molecule has 2 aromatic rings. The van der Waals surface area contributed by atoms with Gasteiger partial charge in [0.05, 0.1) is 5.02 Å². The van der Waals surface area contributed by atoms with Crippen LogP contribution in [0, 0.1) is 0 Å². The molecule has 90 valence electrons. The number of thiophene rings is 1. The zero-order valence-electron chi connectivity index (χ0n) is 9.87. The van der Waals surface area contributed by atoms with E-state index >= 15 is 0 Å². The summed E-state index contributed by atoms with van der Waals surface area (Å²) in [5.41, 5.74) is 0. The lowest BCUT2D eigenvalue weighted by Crippen LogP contribution is -2.13. The molecular formula is C14H16ClNS. The van der Waals surface area contributed by atoms with Crippen molar-refractivity contribution < 1.29 is 0 Å². The monoisotopic (exact) mass is 265 g/mol. The summed E-state index contributed by atoms with van der Waals surface area (Å²) >= 11 is 8.13. The van der Waals surface area contributed by atoms with E-state index in [9.17, 15) is 0 Å². The second-order valence-corrected chi connectivity index (χ2v) is 5.38. The van der Waals surface area contributed by atoms with Gasteiger partial charge in [-0.15, -0.1) is 11.3 Å². The van der Waals surface area contributed by atoms with Gasteiger partial charge in [-0.3, -0.25) is 0 Å². The van der Waals surface area contributed by atoms with Crippen LogP contribution in [0.2, 0.25) is 5.02 Å². The van der Waals surface area contributed by atoms with Crippen LogP contribution in [0.15, 0.2) is 36.4 Å². The summed E-state index contributed by atoms with van der Waals surface area (Å²) in [4.78, 5) is 1.23. The number of halogens is 1. The molecule has 0 atom stereocenters. The topological polar surface area (TPSA) is 12.0 Å². The lowest BCUT2D eigenvalue weighted by Gasteiger charge is -2.00. The number of nitrogens with one attached hydrogen (secondary N) is 1. The van der Waals surface area contributed by atoms with Crippen molar-refractivity contribution in [1.29, 1.82) is 0 Å². The van der Waals surface area contributed by atoms with E-state index in [1.54, 1.807) is 11.3 Å². The first-order valence-electron chi connectivity index (χ1n) is 5.80. The van der Waals surface area contributed by atoms with Crippen molar-refractivity contribution in [2.45, 2.75) is 19.9 Å². The highest BCUT2D eigenvalue weighted by atomic mass is 35.5. The lowest BCUT2D eigenvalue weighted by atomic mass is 10.2. The molecule has 1 aromatic heterocycles. The molecule has 2 rings (SSSR count). The fraction of sp³-hybridized carbons (Fsp3) is 0.286. The summed E-state index contributed by atoms with van der Waals surface area (Å²) in [5, 5.41) is 5.49. The van der Waals surface area contributed by atoms with Gasteiger partial charge in [0.15, 0.2) is 0 Å². The minimum absolute atomic E-state index is 0.857. The molecule has 0 saturated heterocycles. The Morgan fingerprint density at radius 3 is 2.94 bits per heavy atom. The zero-order valence-corrected chi connectivity index (χ0v) is 11.4. The van der Waals surface area contributed by atoms with Crippen molar-refractivity contribution in [3.8, 4) is 0 Å². The average molecular weight is 266 g/mol. The molecule has 0 aliphatic carbocycles. The number of allylic oxidation sites excluding steroid dienone is 1. The van der Waals surface area contributed by atoms with Gasteiger partial charge in [0, 0.05) is 21.5 Å². The molecule has 1 aromatic carbocycles. The summed E-state index contributed by atoms with van der Waals surface area (Å²) in [5.74, 6) is 0. The van der Waals surface area contributed by atoms with E-state index in [0.717, 1.165) is 24.5 Å². The molecule has 0 radical (unpaired) electrons. The maximum Gasteiger partial charge on any atom is 0.0636 e. The minimum atomic E-state index is 0.857. The normalized spacial score (nSPS) is 11.6. The van der Waals surface area contributed by atoms with Crippen molar-refractivity contribution in [2.75, 3.05) is 6.54 Å². The third-order valence-corrected chi connectivity index (χ3v) is 4.33. The Kier molecular flexibility index (Phi) is 4.60. The largest absolute Gasteiger partial charge is 0.311 e. The number of fused-ring (bicyclic) bond motifs is 1. The summed E-state index contributed by atoms with van der Waals surface area (Å²) in [6.45, 7) is 3.90. The Hall–Kier alpha value is -0.830. The second-order valence-electron chi connectivity index (χ2n) is 3.87. The van der Waals surface area contributed by atoms with E-state index in [4.69, 9.17) is 11.6 Å². The van der Waals surface area contributed by atoms with Gasteiger partial charge in [-0.2, -0.15) is 0 Å². The molecule has 1 heterocycles. The highest BCUT2D eigenvalue weighted by molar-refractivity contribution is 7.19. The average Bonchev–Trinajstić information content (AvgIpc) is 2.67. The maximum absolute atomic E-state index is 6.35. The molecule has 0 amide bonds. The van der Waals surface area contributed by atoms with Crippen LogP contribution in [0.25, 0.3) is 10.1 Å². The van der Waals surface area contributed by atoms with Gasteiger partial charge in [0.2, 0.25) is 0 Å². The predicted octanol–water partition coefficient (Wildman–Crippen LogP) is 4.61. The van der Waals surface area contributed by atoms with Crippen molar-refractivity contribution in [2.24, 2.45) is 0 Å². The highest BCUT2D eigenvalue weighted by Crippen LogP contribution is 2.34. The first kappa shape index (κ1) is 12.6. The third-order valence-electron chi connectivity index (χ3n) is 2.61. The first-order chi connectivity index (χ1) is 8.33. The maximum atomic E-state index is 6.35. The van der Waals surface area contributed by atoms with Crippen LogP contribution >= 0.6 is 22.9 Å². The van der Waals surface area contributed by atoms with Crippen molar-refractivity contribution >= 4 is 33.0 Å². The molecule has 17 heavy (non-hydrogen) atoms. The molecule has 0 saturated carbocycles. The van der Waals surface area contributed by atoms with E-state index in [-0.39, 0.29) is 0 Å². The third kappa shape index (κ3) is 3.09. The minimum Gasteiger partial charge on any atom is -0.311 e. The van der Waals surface area contributed by atoms with Gasteiger partial charge in [-0.05, 0) is 26.0 Å². The van der Waals surface area contributed by atoms with E-state index in [1.807, 2.05) is 13.0 Å². The van der Waals surface area contributed by atoms with Crippen LogP contribution in [0.5, 0.6) is 0 Å². The summed E-state index contributed by atoms with van der Waals surface area (Å²) in [7, 11) is 0. The van der Waals surface area contributed by atoms with Crippen LogP contribution in [0.3, 0.4) is 0 Å². The lowest BCUT2D eigenvalue weighted by molar-refractivity contribution is 0.702. The van der Waals surface area contributed by atoms with E-state index in [1.165, 1.54) is 15.0 Å². The first-order valence-corrected chi connectivity index (χ1v) is 7.00. The predicted molar refractivity (Wildman–Crippen MR) is 78.0 cm³/mol. The number of benzene rings is 1. The Morgan fingerprint density at radius 2 is 2.18 bits per heavy atom. The van der Waals surface area contributed by atoms with Crippen LogP contribution < -0.4 is 5.32 Å². The van der Waals surface area contributed by atoms with Crippen LogP contribution in [-0.2, 0) is 6.54 Å². The van der Waals surface area contributed by atoms with E-state index < -0.39 is 0 Å². The zero-order chi connectivity index (χ0) is 12.1. The number of hydrogen-bond acceptors (Lipinski definition) is 2. The molecule has 0 bridgehead atoms. The molecule has 0 aliphatic heterocycles. The molecule has 0 unspecified atom stereocenters. The molecular weight excluding hydrogens is 250 g/mol. The molecule has 0 aliphatic rings. The summed E-state index contributed by atoms with van der Waals surface area (Å²) < 4.78 is 1.27. The van der Waals surface area contributed by atoms with E-state index in [2.05, 4.69) is 35.7 Å². The van der Waals surface area contributed by atoms with Gasteiger partial charge in [0.1, 0.15) is 0 Å². The fourth-order valence-corrected chi connectivity index (χ4v) is 3.20. The molecule has 0 fully saturated rings. The summed E-state index contributed by atoms with van der Waals surface area (Å²) in [6.07, 6.45) is 5.31. The van der Waals surface area contributed by atoms with Gasteiger partial charge in [0.25, 0.3) is 0 Å². The van der Waals surface area contributed by atoms with Gasteiger partial charge in [-0.25, -0.2) is 0 Å². The van der Waals surface area contributed by atoms with Crippen molar-refractivity contribution in [3.63, 3.8) is 0 Å². The van der Waals surface area contributed by atoms with Crippen molar-refractivity contribution in [3.05, 3.63) is 46.3 Å².